The van der Waals surface area contributed by atoms with Gasteiger partial charge in [0.05, 0.1) is 7.11 Å². The third kappa shape index (κ3) is 3.55. The molecule has 1 amide bonds. The smallest absolute Gasteiger partial charge is 0.221 e. The van der Waals surface area contributed by atoms with E-state index in [1.165, 1.54) is 6.92 Å². The molecule has 0 saturated carbocycles. The van der Waals surface area contributed by atoms with Gasteiger partial charge in [0.25, 0.3) is 0 Å². The highest BCUT2D eigenvalue weighted by molar-refractivity contribution is 9.09. The fourth-order valence-corrected chi connectivity index (χ4v) is 1.78. The monoisotopic (exact) mass is 271 g/mol. The van der Waals surface area contributed by atoms with Gasteiger partial charge < -0.3 is 10.1 Å². The molecule has 0 aliphatic heterocycles. The van der Waals surface area contributed by atoms with Crippen LogP contribution in [0, 0.1) is 0 Å². The lowest BCUT2D eigenvalue weighted by molar-refractivity contribution is -0.114. The minimum absolute atomic E-state index is 0.0649. The van der Waals surface area contributed by atoms with Gasteiger partial charge in [-0.1, -0.05) is 15.9 Å². The summed E-state index contributed by atoms with van der Waals surface area (Å²) in [6.45, 7) is 1.49. The van der Waals surface area contributed by atoms with Crippen LogP contribution >= 0.6 is 15.9 Å². The number of carbonyl (C=O) groups excluding carboxylic acids is 1. The second-order valence-electron chi connectivity index (χ2n) is 3.15. The Morgan fingerprint density at radius 2 is 2.27 bits per heavy atom. The van der Waals surface area contributed by atoms with Gasteiger partial charge in [-0.15, -0.1) is 0 Å². The quantitative estimate of drug-likeness (QED) is 0.855. The number of aryl methyl sites for hydroxylation is 1. The molecule has 0 bridgehead atoms. The van der Waals surface area contributed by atoms with Crippen molar-refractivity contribution in [2.45, 2.75) is 13.3 Å². The number of halogens is 1. The minimum atomic E-state index is -0.0649. The maximum Gasteiger partial charge on any atom is 0.221 e. The Labute approximate surface area is 97.9 Å². The first kappa shape index (κ1) is 12.0. The predicted octanol–water partition coefficient (Wildman–Crippen LogP) is 2.59. The molecule has 0 aliphatic carbocycles. The summed E-state index contributed by atoms with van der Waals surface area (Å²) in [5.41, 5.74) is 1.89. The van der Waals surface area contributed by atoms with Crippen LogP contribution in [-0.4, -0.2) is 18.3 Å². The number of amides is 1. The number of ether oxygens (including phenoxy) is 1. The Morgan fingerprint density at radius 1 is 1.53 bits per heavy atom. The highest BCUT2D eigenvalue weighted by Crippen LogP contribution is 2.23. The van der Waals surface area contributed by atoms with Gasteiger partial charge in [-0.05, 0) is 30.2 Å². The topological polar surface area (TPSA) is 38.3 Å². The molecule has 0 spiro atoms. The summed E-state index contributed by atoms with van der Waals surface area (Å²) in [4.78, 5) is 10.9. The number of nitrogens with one attached hydrogen (secondary N) is 1. The molecule has 0 aliphatic rings. The van der Waals surface area contributed by atoms with Crippen molar-refractivity contribution in [2.75, 3.05) is 17.8 Å². The third-order valence-corrected chi connectivity index (χ3v) is 2.36. The van der Waals surface area contributed by atoms with Crippen LogP contribution in [0.3, 0.4) is 0 Å². The molecule has 3 nitrogen and oxygen atoms in total. The highest BCUT2D eigenvalue weighted by Gasteiger charge is 2.04. The standard InChI is InChI=1S/C11H14BrNO2/c1-8(14)13-10-3-4-11(15-2)9(7-10)5-6-12/h3-4,7H,5-6H2,1-2H3,(H,13,14). The Kier molecular flexibility index (Phi) is 4.62. The van der Waals surface area contributed by atoms with Gasteiger partial charge >= 0.3 is 0 Å². The van der Waals surface area contributed by atoms with Crippen LogP contribution in [0.2, 0.25) is 0 Å². The van der Waals surface area contributed by atoms with Crippen LogP contribution in [0.5, 0.6) is 5.75 Å². The first-order chi connectivity index (χ1) is 7.17. The second kappa shape index (κ2) is 5.75. The summed E-state index contributed by atoms with van der Waals surface area (Å²) in [5.74, 6) is 0.786. The van der Waals surface area contributed by atoms with E-state index in [-0.39, 0.29) is 5.91 Å². The zero-order valence-electron chi connectivity index (χ0n) is 8.84. The van der Waals surface area contributed by atoms with E-state index in [9.17, 15) is 4.79 Å². The summed E-state index contributed by atoms with van der Waals surface area (Å²) >= 11 is 3.38. The molecule has 82 valence electrons. The zero-order chi connectivity index (χ0) is 11.3. The van der Waals surface area contributed by atoms with E-state index in [4.69, 9.17) is 4.74 Å². The van der Waals surface area contributed by atoms with Crippen molar-refractivity contribution >= 4 is 27.5 Å². The molecule has 0 fully saturated rings. The summed E-state index contributed by atoms with van der Waals surface area (Å²) in [6.07, 6.45) is 0.872. The largest absolute Gasteiger partial charge is 0.496 e. The van der Waals surface area contributed by atoms with Crippen LogP contribution < -0.4 is 10.1 Å². The number of anilines is 1. The van der Waals surface area contributed by atoms with E-state index >= 15 is 0 Å². The summed E-state index contributed by atoms with van der Waals surface area (Å²) < 4.78 is 5.22. The summed E-state index contributed by atoms with van der Waals surface area (Å²) in [7, 11) is 1.64. The average molecular weight is 272 g/mol. The second-order valence-corrected chi connectivity index (χ2v) is 3.94. The van der Waals surface area contributed by atoms with Crippen LogP contribution in [-0.2, 0) is 11.2 Å². The number of hydrogen-bond acceptors (Lipinski definition) is 2. The fourth-order valence-electron chi connectivity index (χ4n) is 1.36. The van der Waals surface area contributed by atoms with E-state index in [2.05, 4.69) is 21.2 Å². The van der Waals surface area contributed by atoms with Gasteiger partial charge in [0, 0.05) is 17.9 Å². The number of alkyl halides is 1. The number of carbonyl (C=O) groups is 1. The molecule has 1 aromatic carbocycles. The Hall–Kier alpha value is -1.03. The number of rotatable bonds is 4. The average Bonchev–Trinajstić information content (AvgIpc) is 2.18. The van der Waals surface area contributed by atoms with Gasteiger partial charge in [-0.3, -0.25) is 4.79 Å². The lowest BCUT2D eigenvalue weighted by Gasteiger charge is -2.09. The molecule has 4 heteroatoms. The van der Waals surface area contributed by atoms with Gasteiger partial charge in [0.15, 0.2) is 0 Å². The number of methoxy groups -OCH3 is 1. The van der Waals surface area contributed by atoms with Crippen LogP contribution in [0.25, 0.3) is 0 Å². The van der Waals surface area contributed by atoms with Crippen molar-refractivity contribution in [3.8, 4) is 5.75 Å². The number of hydrogen-bond donors (Lipinski definition) is 1. The minimum Gasteiger partial charge on any atom is -0.496 e. The zero-order valence-corrected chi connectivity index (χ0v) is 10.4. The summed E-state index contributed by atoms with van der Waals surface area (Å²) in [5, 5.41) is 3.61. The first-order valence-corrected chi connectivity index (χ1v) is 5.80. The maximum atomic E-state index is 10.9. The third-order valence-electron chi connectivity index (χ3n) is 1.96. The van der Waals surface area contributed by atoms with Crippen molar-refractivity contribution in [1.82, 2.24) is 0 Å². The van der Waals surface area contributed by atoms with E-state index in [1.54, 1.807) is 7.11 Å². The molecule has 0 unspecified atom stereocenters. The molecule has 0 saturated heterocycles. The van der Waals surface area contributed by atoms with Crippen LogP contribution in [0.4, 0.5) is 5.69 Å². The van der Waals surface area contributed by atoms with Gasteiger partial charge in [-0.2, -0.15) is 0 Å². The lowest BCUT2D eigenvalue weighted by Crippen LogP contribution is -2.06. The SMILES string of the molecule is COc1ccc(NC(C)=O)cc1CCBr. The Bertz CT molecular complexity index is 352. The molecule has 0 aromatic heterocycles. The maximum absolute atomic E-state index is 10.9. The van der Waals surface area contributed by atoms with Crippen molar-refractivity contribution in [3.05, 3.63) is 23.8 Å². The van der Waals surface area contributed by atoms with Gasteiger partial charge in [0.1, 0.15) is 5.75 Å². The van der Waals surface area contributed by atoms with Crippen molar-refractivity contribution in [1.29, 1.82) is 0 Å². The highest BCUT2D eigenvalue weighted by atomic mass is 79.9. The van der Waals surface area contributed by atoms with E-state index < -0.39 is 0 Å². The summed E-state index contributed by atoms with van der Waals surface area (Å²) in [6, 6.07) is 5.63. The predicted molar refractivity (Wildman–Crippen MR) is 64.8 cm³/mol. The normalized spacial score (nSPS) is 9.80. The molecule has 1 rings (SSSR count). The van der Waals surface area contributed by atoms with Crippen LogP contribution in [0.1, 0.15) is 12.5 Å². The van der Waals surface area contributed by atoms with Crippen molar-refractivity contribution in [3.63, 3.8) is 0 Å². The molecule has 0 radical (unpaired) electrons. The molecular formula is C11H14BrNO2. The first-order valence-electron chi connectivity index (χ1n) is 4.68. The van der Waals surface area contributed by atoms with Crippen molar-refractivity contribution in [2.24, 2.45) is 0 Å². The van der Waals surface area contributed by atoms with E-state index in [1.807, 2.05) is 18.2 Å². The molecular weight excluding hydrogens is 258 g/mol. The lowest BCUT2D eigenvalue weighted by atomic mass is 10.1. The van der Waals surface area contributed by atoms with E-state index in [0.717, 1.165) is 28.8 Å². The van der Waals surface area contributed by atoms with Crippen LogP contribution in [0.15, 0.2) is 18.2 Å². The fraction of sp³-hybridized carbons (Fsp3) is 0.364. The molecule has 1 N–H and O–H groups in total. The van der Waals surface area contributed by atoms with Gasteiger partial charge in [0.2, 0.25) is 5.91 Å². The number of benzene rings is 1. The molecule has 15 heavy (non-hydrogen) atoms. The molecule has 0 heterocycles. The van der Waals surface area contributed by atoms with E-state index in [0.29, 0.717) is 0 Å². The van der Waals surface area contributed by atoms with Gasteiger partial charge in [-0.25, -0.2) is 0 Å². The Balaban J connectivity index is 2.93. The molecule has 1 aromatic rings. The molecule has 0 atom stereocenters. The Morgan fingerprint density at radius 3 is 2.80 bits per heavy atom. The van der Waals surface area contributed by atoms with Crippen molar-refractivity contribution < 1.29 is 9.53 Å².